The summed E-state index contributed by atoms with van der Waals surface area (Å²) in [6.07, 6.45) is 1.48. The highest BCUT2D eigenvalue weighted by molar-refractivity contribution is 6.31. The lowest BCUT2D eigenvalue weighted by Crippen LogP contribution is -2.15. The van der Waals surface area contributed by atoms with Crippen molar-refractivity contribution in [1.82, 2.24) is 9.97 Å². The number of para-hydroxylation sites is 1. The molecule has 2 aromatic carbocycles. The number of carbonyl (C=O) groups excluding carboxylic acids is 1. The van der Waals surface area contributed by atoms with Gasteiger partial charge in [0.25, 0.3) is 5.91 Å². The van der Waals surface area contributed by atoms with Crippen molar-refractivity contribution in [2.75, 3.05) is 10.6 Å². The van der Waals surface area contributed by atoms with Crippen LogP contribution in [-0.4, -0.2) is 15.9 Å². The topological polar surface area (TPSA) is 90.7 Å². The molecule has 0 unspecified atom stereocenters. The Labute approximate surface area is 155 Å². The molecule has 6 nitrogen and oxygen atoms in total. The molecule has 0 spiro atoms. The molecule has 26 heavy (non-hydrogen) atoms. The van der Waals surface area contributed by atoms with Gasteiger partial charge >= 0.3 is 0 Å². The number of amides is 1. The fourth-order valence-corrected chi connectivity index (χ4v) is 2.46. The van der Waals surface area contributed by atoms with Crippen molar-refractivity contribution < 1.29 is 4.79 Å². The molecular formula is C19H14ClN5O. The Bertz CT molecular complexity index is 1010. The number of aromatic nitrogens is 2. The normalized spacial score (nSPS) is 10.0. The third-order valence-electron chi connectivity index (χ3n) is 3.70. The van der Waals surface area contributed by atoms with E-state index >= 15 is 0 Å². The molecular weight excluding hydrogens is 350 g/mol. The standard InChI is InChI=1S/C19H14ClN5O/c1-12-14(20)6-4-8-15(12)23-18(26)17-9-10-22-19(25-17)24-16-7-3-2-5-13(16)11-21/h2-10H,1H3,(H,23,26)(H,22,24,25). The fourth-order valence-electron chi connectivity index (χ4n) is 2.28. The van der Waals surface area contributed by atoms with E-state index in [0.717, 1.165) is 5.56 Å². The third kappa shape index (κ3) is 3.79. The van der Waals surface area contributed by atoms with Crippen molar-refractivity contribution in [2.24, 2.45) is 0 Å². The molecule has 1 aromatic heterocycles. The Kier molecular flexibility index (Phi) is 5.11. The van der Waals surface area contributed by atoms with Crippen LogP contribution in [0.25, 0.3) is 0 Å². The Morgan fingerprint density at radius 3 is 2.69 bits per heavy atom. The van der Waals surface area contributed by atoms with Crippen molar-refractivity contribution in [3.8, 4) is 6.07 Å². The van der Waals surface area contributed by atoms with Crippen molar-refractivity contribution >= 4 is 34.8 Å². The number of benzene rings is 2. The van der Waals surface area contributed by atoms with Crippen LogP contribution in [0, 0.1) is 18.3 Å². The molecule has 1 heterocycles. The van der Waals surface area contributed by atoms with Crippen molar-refractivity contribution in [3.63, 3.8) is 0 Å². The van der Waals surface area contributed by atoms with Gasteiger partial charge in [-0.25, -0.2) is 9.97 Å². The zero-order valence-electron chi connectivity index (χ0n) is 13.8. The summed E-state index contributed by atoms with van der Waals surface area (Å²) in [6, 6.07) is 15.9. The first-order valence-electron chi connectivity index (χ1n) is 7.74. The molecule has 2 N–H and O–H groups in total. The molecule has 3 rings (SSSR count). The van der Waals surface area contributed by atoms with Crippen LogP contribution in [0.4, 0.5) is 17.3 Å². The van der Waals surface area contributed by atoms with Gasteiger partial charge in [-0.05, 0) is 42.8 Å². The highest BCUT2D eigenvalue weighted by atomic mass is 35.5. The summed E-state index contributed by atoms with van der Waals surface area (Å²) in [6.45, 7) is 1.82. The lowest BCUT2D eigenvalue weighted by molar-refractivity contribution is 0.102. The molecule has 0 saturated heterocycles. The van der Waals surface area contributed by atoms with Crippen molar-refractivity contribution in [2.45, 2.75) is 6.92 Å². The van der Waals surface area contributed by atoms with E-state index in [0.29, 0.717) is 22.0 Å². The van der Waals surface area contributed by atoms with Gasteiger partial charge in [-0.2, -0.15) is 5.26 Å². The maximum absolute atomic E-state index is 12.5. The Balaban J connectivity index is 1.82. The van der Waals surface area contributed by atoms with E-state index in [1.54, 1.807) is 42.5 Å². The van der Waals surface area contributed by atoms with Gasteiger partial charge in [0.05, 0.1) is 11.3 Å². The fraction of sp³-hybridized carbons (Fsp3) is 0.0526. The van der Waals surface area contributed by atoms with E-state index < -0.39 is 0 Å². The average Bonchev–Trinajstić information content (AvgIpc) is 2.66. The second-order valence-corrected chi connectivity index (χ2v) is 5.82. The summed E-state index contributed by atoms with van der Waals surface area (Å²) in [7, 11) is 0. The van der Waals surface area contributed by atoms with Gasteiger partial charge in [-0.15, -0.1) is 0 Å². The smallest absolute Gasteiger partial charge is 0.274 e. The Morgan fingerprint density at radius 2 is 1.88 bits per heavy atom. The predicted molar refractivity (Wildman–Crippen MR) is 101 cm³/mol. The largest absolute Gasteiger partial charge is 0.323 e. The number of nitriles is 1. The summed E-state index contributed by atoms with van der Waals surface area (Å²) in [5.74, 6) is -0.155. The summed E-state index contributed by atoms with van der Waals surface area (Å²) >= 11 is 6.07. The maximum Gasteiger partial charge on any atom is 0.274 e. The first kappa shape index (κ1) is 17.4. The zero-order valence-corrected chi connectivity index (χ0v) is 14.6. The van der Waals surface area contributed by atoms with Crippen LogP contribution in [0.3, 0.4) is 0 Å². The summed E-state index contributed by atoms with van der Waals surface area (Å²) in [4.78, 5) is 20.8. The number of carbonyl (C=O) groups is 1. The van der Waals surface area contributed by atoms with Crippen LogP contribution in [0.15, 0.2) is 54.7 Å². The SMILES string of the molecule is Cc1c(Cl)cccc1NC(=O)c1ccnc(Nc2ccccc2C#N)n1. The minimum absolute atomic E-state index is 0.191. The summed E-state index contributed by atoms with van der Waals surface area (Å²) in [5.41, 5.74) is 2.61. The average molecular weight is 364 g/mol. The number of hydrogen-bond donors (Lipinski definition) is 2. The summed E-state index contributed by atoms with van der Waals surface area (Å²) in [5, 5.41) is 15.5. The molecule has 0 radical (unpaired) electrons. The van der Waals surface area contributed by atoms with E-state index in [2.05, 4.69) is 26.7 Å². The van der Waals surface area contributed by atoms with Gasteiger partial charge < -0.3 is 10.6 Å². The highest BCUT2D eigenvalue weighted by Crippen LogP contribution is 2.23. The van der Waals surface area contributed by atoms with Crippen LogP contribution in [-0.2, 0) is 0 Å². The lowest BCUT2D eigenvalue weighted by Gasteiger charge is -2.10. The minimum atomic E-state index is -0.380. The van der Waals surface area contributed by atoms with Gasteiger partial charge in [0.2, 0.25) is 5.95 Å². The first-order chi connectivity index (χ1) is 12.6. The van der Waals surface area contributed by atoms with Crippen LogP contribution >= 0.6 is 11.6 Å². The number of hydrogen-bond acceptors (Lipinski definition) is 5. The second kappa shape index (κ2) is 7.64. The monoisotopic (exact) mass is 363 g/mol. The van der Waals surface area contributed by atoms with Gasteiger partial charge in [0.1, 0.15) is 11.8 Å². The van der Waals surface area contributed by atoms with Crippen molar-refractivity contribution in [3.05, 3.63) is 76.6 Å². The molecule has 1 amide bonds. The molecule has 128 valence electrons. The van der Waals surface area contributed by atoms with Crippen LogP contribution in [0.5, 0.6) is 0 Å². The molecule has 3 aromatic rings. The summed E-state index contributed by atoms with van der Waals surface area (Å²) < 4.78 is 0. The van der Waals surface area contributed by atoms with Gasteiger partial charge in [0.15, 0.2) is 0 Å². The minimum Gasteiger partial charge on any atom is -0.323 e. The predicted octanol–water partition coefficient (Wildman–Crippen LogP) is 4.31. The van der Waals surface area contributed by atoms with E-state index in [1.165, 1.54) is 12.3 Å². The maximum atomic E-state index is 12.5. The number of anilines is 3. The third-order valence-corrected chi connectivity index (χ3v) is 4.11. The van der Waals surface area contributed by atoms with Crippen LogP contribution < -0.4 is 10.6 Å². The first-order valence-corrected chi connectivity index (χ1v) is 8.12. The molecule has 0 fully saturated rings. The number of nitrogens with zero attached hydrogens (tertiary/aromatic N) is 3. The number of rotatable bonds is 4. The molecule has 7 heteroatoms. The number of nitrogens with one attached hydrogen (secondary N) is 2. The quantitative estimate of drug-likeness (QED) is 0.720. The highest BCUT2D eigenvalue weighted by Gasteiger charge is 2.12. The van der Waals surface area contributed by atoms with E-state index in [9.17, 15) is 4.79 Å². The van der Waals surface area contributed by atoms with E-state index in [-0.39, 0.29) is 17.5 Å². The van der Waals surface area contributed by atoms with Gasteiger partial charge in [-0.3, -0.25) is 4.79 Å². The van der Waals surface area contributed by atoms with Crippen molar-refractivity contribution in [1.29, 1.82) is 5.26 Å². The van der Waals surface area contributed by atoms with E-state index in [4.69, 9.17) is 16.9 Å². The van der Waals surface area contributed by atoms with Crippen LogP contribution in [0.1, 0.15) is 21.6 Å². The second-order valence-electron chi connectivity index (χ2n) is 5.41. The van der Waals surface area contributed by atoms with Gasteiger partial charge in [-0.1, -0.05) is 29.8 Å². The molecule has 0 aliphatic rings. The lowest BCUT2D eigenvalue weighted by atomic mass is 10.2. The van der Waals surface area contributed by atoms with E-state index in [1.807, 2.05) is 6.92 Å². The Morgan fingerprint density at radius 1 is 1.12 bits per heavy atom. The van der Waals surface area contributed by atoms with Crippen LogP contribution in [0.2, 0.25) is 5.02 Å². The van der Waals surface area contributed by atoms with Gasteiger partial charge in [0, 0.05) is 16.9 Å². The number of halogens is 1. The molecule has 0 saturated carbocycles. The molecule has 0 aliphatic carbocycles. The molecule has 0 aliphatic heterocycles. The zero-order chi connectivity index (χ0) is 18.5. The Hall–Kier alpha value is -3.43. The molecule has 0 bridgehead atoms. The molecule has 0 atom stereocenters.